The van der Waals surface area contributed by atoms with Crippen LogP contribution < -0.4 is 5.11 Å². The molecule has 57 heavy (non-hydrogen) atoms. The number of aliphatic carboxylic acids is 1. The number of rotatable bonds is 41. The lowest BCUT2D eigenvalue weighted by molar-refractivity contribution is -0.889. The highest BCUT2D eigenvalue weighted by atomic mass is 16.6. The van der Waals surface area contributed by atoms with Crippen molar-refractivity contribution in [3.63, 3.8) is 0 Å². The fourth-order valence-corrected chi connectivity index (χ4v) is 6.65. The first-order valence-corrected chi connectivity index (χ1v) is 23.2. The van der Waals surface area contributed by atoms with Crippen molar-refractivity contribution in [2.24, 2.45) is 0 Å². The Hall–Kier alpha value is -2.71. The highest BCUT2D eigenvalue weighted by Gasteiger charge is 2.25. The van der Waals surface area contributed by atoms with Crippen LogP contribution in [0, 0.1) is 0 Å². The van der Waals surface area contributed by atoms with Gasteiger partial charge in [0, 0.05) is 19.3 Å². The summed E-state index contributed by atoms with van der Waals surface area (Å²) in [7, 11) is 5.41. The van der Waals surface area contributed by atoms with Crippen molar-refractivity contribution in [2.45, 2.75) is 206 Å². The molecule has 2 unspecified atom stereocenters. The van der Waals surface area contributed by atoms with Crippen LogP contribution in [0.2, 0.25) is 0 Å². The largest absolute Gasteiger partial charge is 0.544 e. The molecule has 0 bridgehead atoms. The smallest absolute Gasteiger partial charge is 0.306 e. The summed E-state index contributed by atoms with van der Waals surface area (Å²) in [6.07, 6.45) is 47.1. The van der Waals surface area contributed by atoms with Crippen LogP contribution in [0.5, 0.6) is 0 Å². The number of ether oxygens (including phenoxy) is 3. The first kappa shape index (κ1) is 54.3. The molecule has 0 aliphatic carbocycles. The van der Waals surface area contributed by atoms with E-state index in [1.165, 1.54) is 89.9 Å². The number of carbonyl (C=O) groups is 3. The van der Waals surface area contributed by atoms with Gasteiger partial charge in [-0.25, -0.2) is 0 Å². The molecule has 0 aliphatic rings. The lowest BCUT2D eigenvalue weighted by atomic mass is 10.1. The summed E-state index contributed by atoms with van der Waals surface area (Å²) < 4.78 is 17.2. The maximum atomic E-state index is 12.7. The van der Waals surface area contributed by atoms with Crippen molar-refractivity contribution in [3.05, 3.63) is 48.6 Å². The Kier molecular flexibility index (Phi) is 38.2. The maximum Gasteiger partial charge on any atom is 0.306 e. The van der Waals surface area contributed by atoms with Gasteiger partial charge >= 0.3 is 11.9 Å². The number of unbranched alkanes of at least 4 members (excludes halogenated alkanes) is 19. The van der Waals surface area contributed by atoms with Crippen LogP contribution in [-0.4, -0.2) is 75.5 Å². The fraction of sp³-hybridized carbons (Fsp3) is 0.776. The quantitative estimate of drug-likeness (QED) is 0.0262. The van der Waals surface area contributed by atoms with Crippen LogP contribution in [0.4, 0.5) is 0 Å². The van der Waals surface area contributed by atoms with Crippen molar-refractivity contribution < 1.29 is 38.2 Å². The molecule has 2 atom stereocenters. The number of carboxylic acid groups (broad SMARTS) is 1. The second-order valence-corrected chi connectivity index (χ2v) is 16.6. The number of likely N-dealkylation sites (N-methyl/N-ethyl adjacent to an activating group) is 1. The molecule has 0 aromatic rings. The molecule has 0 heterocycles. The second-order valence-electron chi connectivity index (χ2n) is 16.6. The van der Waals surface area contributed by atoms with Gasteiger partial charge in [0.15, 0.2) is 6.10 Å². The van der Waals surface area contributed by atoms with Crippen LogP contribution in [0.15, 0.2) is 48.6 Å². The average Bonchev–Trinajstić information content (AvgIpc) is 3.17. The van der Waals surface area contributed by atoms with Gasteiger partial charge in [-0.1, -0.05) is 172 Å². The van der Waals surface area contributed by atoms with Gasteiger partial charge in [-0.05, 0) is 51.4 Å². The van der Waals surface area contributed by atoms with E-state index in [1.54, 1.807) is 21.1 Å². The van der Waals surface area contributed by atoms with Crippen LogP contribution >= 0.6 is 0 Å². The highest BCUT2D eigenvalue weighted by Crippen LogP contribution is 2.15. The van der Waals surface area contributed by atoms with Crippen LogP contribution in [0.25, 0.3) is 0 Å². The Labute approximate surface area is 350 Å². The summed E-state index contributed by atoms with van der Waals surface area (Å²) in [5.41, 5.74) is 0. The minimum absolute atomic E-state index is 0.0403. The Bertz CT molecular complexity index is 1070. The summed E-state index contributed by atoms with van der Waals surface area (Å²) in [6.45, 7) is 4.54. The van der Waals surface area contributed by atoms with Gasteiger partial charge in [0.2, 0.25) is 0 Å². The van der Waals surface area contributed by atoms with Gasteiger partial charge in [0.05, 0.1) is 40.3 Å². The zero-order chi connectivity index (χ0) is 42.1. The molecular weight excluding hydrogens is 715 g/mol. The summed E-state index contributed by atoms with van der Waals surface area (Å²) >= 11 is 0. The van der Waals surface area contributed by atoms with Crippen molar-refractivity contribution in [1.29, 1.82) is 0 Å². The third kappa shape index (κ3) is 38.6. The molecule has 0 rings (SSSR count). The zero-order valence-corrected chi connectivity index (χ0v) is 37.5. The van der Waals surface area contributed by atoms with Gasteiger partial charge < -0.3 is 28.6 Å². The van der Waals surface area contributed by atoms with Crippen molar-refractivity contribution in [3.8, 4) is 0 Å². The van der Waals surface area contributed by atoms with E-state index in [4.69, 9.17) is 14.2 Å². The zero-order valence-electron chi connectivity index (χ0n) is 37.5. The molecule has 8 heteroatoms. The van der Waals surface area contributed by atoms with E-state index in [9.17, 15) is 19.5 Å². The van der Waals surface area contributed by atoms with Gasteiger partial charge in [-0.3, -0.25) is 9.59 Å². The molecule has 0 spiro atoms. The third-order valence-corrected chi connectivity index (χ3v) is 10.2. The normalized spacial score (nSPS) is 13.4. The number of quaternary nitrogens is 1. The molecule has 0 N–H and O–H groups in total. The predicted molar refractivity (Wildman–Crippen MR) is 236 cm³/mol. The molecule has 0 fully saturated rings. The van der Waals surface area contributed by atoms with E-state index < -0.39 is 18.1 Å². The minimum atomic E-state index is -1.13. The van der Waals surface area contributed by atoms with Crippen molar-refractivity contribution in [2.75, 3.05) is 41.0 Å². The van der Waals surface area contributed by atoms with Gasteiger partial charge in [-0.2, -0.15) is 0 Å². The molecule has 0 amide bonds. The molecule has 0 aromatic heterocycles. The fourth-order valence-electron chi connectivity index (χ4n) is 6.65. The first-order chi connectivity index (χ1) is 27.6. The molecular formula is C49H87NO7. The van der Waals surface area contributed by atoms with E-state index in [-0.39, 0.29) is 42.7 Å². The summed E-state index contributed by atoms with van der Waals surface area (Å²) in [4.78, 5) is 36.8. The lowest BCUT2D eigenvalue weighted by Gasteiger charge is -2.34. The molecule has 8 nitrogen and oxygen atoms in total. The van der Waals surface area contributed by atoms with Crippen molar-refractivity contribution >= 4 is 17.9 Å². The predicted octanol–water partition coefficient (Wildman–Crippen LogP) is 11.5. The van der Waals surface area contributed by atoms with Crippen molar-refractivity contribution in [1.82, 2.24) is 0 Å². The average molecular weight is 802 g/mol. The topological polar surface area (TPSA) is 102 Å². The Morgan fingerprint density at radius 3 is 1.46 bits per heavy atom. The summed E-state index contributed by atoms with van der Waals surface area (Å²) in [5, 5.41) is 11.6. The SMILES string of the molecule is CC/C=C/C/C=C/C/C=C/C/C=C/CCCCCCCCCCCC(=O)OCC(COCCC(C(=O)[O-])[N+](C)(C)C)OC(=O)CCCCCCCCCCCCC. The molecule has 330 valence electrons. The highest BCUT2D eigenvalue weighted by molar-refractivity contribution is 5.70. The lowest BCUT2D eigenvalue weighted by Crippen LogP contribution is -2.55. The van der Waals surface area contributed by atoms with E-state index in [0.717, 1.165) is 70.6 Å². The first-order valence-electron chi connectivity index (χ1n) is 23.2. The van der Waals surface area contributed by atoms with Crippen LogP contribution in [-0.2, 0) is 28.6 Å². The number of allylic oxidation sites excluding steroid dienone is 8. The maximum absolute atomic E-state index is 12.7. The molecule has 0 saturated carbocycles. The van der Waals surface area contributed by atoms with E-state index in [1.807, 2.05) is 0 Å². The molecule has 0 aliphatic heterocycles. The summed E-state index contributed by atoms with van der Waals surface area (Å²) in [5.74, 6) is -1.74. The van der Waals surface area contributed by atoms with Crippen LogP contribution in [0.3, 0.4) is 0 Å². The Morgan fingerprint density at radius 1 is 0.544 bits per heavy atom. The van der Waals surface area contributed by atoms with E-state index in [0.29, 0.717) is 12.8 Å². The molecule has 0 radical (unpaired) electrons. The van der Waals surface area contributed by atoms with E-state index >= 15 is 0 Å². The Balaban J connectivity index is 4.23. The number of carboxylic acids is 1. The van der Waals surface area contributed by atoms with Crippen LogP contribution in [0.1, 0.15) is 194 Å². The summed E-state index contributed by atoms with van der Waals surface area (Å²) in [6, 6.07) is -0.725. The second kappa shape index (κ2) is 40.1. The molecule has 0 aromatic carbocycles. The van der Waals surface area contributed by atoms with Gasteiger partial charge in [-0.15, -0.1) is 0 Å². The third-order valence-electron chi connectivity index (χ3n) is 10.2. The number of esters is 2. The van der Waals surface area contributed by atoms with Gasteiger partial charge in [0.1, 0.15) is 12.6 Å². The number of carbonyl (C=O) groups excluding carboxylic acids is 3. The van der Waals surface area contributed by atoms with Gasteiger partial charge in [0.25, 0.3) is 0 Å². The number of hydrogen-bond donors (Lipinski definition) is 0. The monoisotopic (exact) mass is 802 g/mol. The number of nitrogens with zero attached hydrogens (tertiary/aromatic N) is 1. The molecule has 0 saturated heterocycles. The number of hydrogen-bond acceptors (Lipinski definition) is 7. The van der Waals surface area contributed by atoms with E-state index in [2.05, 4.69) is 62.5 Å². The Morgan fingerprint density at radius 2 is 0.982 bits per heavy atom. The standard InChI is InChI=1S/C49H87NO7/c1-6-8-10-12-14-16-18-19-20-21-22-23-24-25-26-27-28-30-31-33-35-37-39-47(51)56-44-45(43-55-42-41-46(49(53)54)50(3,4)5)57-48(52)40-38-36-34-32-29-17-15-13-11-9-7-2/h8,10,14,16,19-20,22-23,45-46H,6-7,9,11-13,15,17-18,21,24-44H2,1-5H3/b10-8+,16-14+,20-19+,23-22+. The minimum Gasteiger partial charge on any atom is -0.544 e.